The van der Waals surface area contributed by atoms with E-state index in [0.29, 0.717) is 29.8 Å². The van der Waals surface area contributed by atoms with E-state index < -0.39 is 0 Å². The van der Waals surface area contributed by atoms with Crippen LogP contribution in [0.1, 0.15) is 114 Å². The van der Waals surface area contributed by atoms with Crippen molar-refractivity contribution in [1.29, 1.82) is 0 Å². The first-order chi connectivity index (χ1) is 17.3. The molecule has 37 heavy (non-hydrogen) atoms. The molecule has 1 aliphatic heterocycles. The largest absolute Gasteiger partial charge is 0.381 e. The Morgan fingerprint density at radius 3 is 1.35 bits per heavy atom. The van der Waals surface area contributed by atoms with E-state index >= 15 is 0 Å². The van der Waals surface area contributed by atoms with Crippen LogP contribution in [0.3, 0.4) is 0 Å². The third kappa shape index (κ3) is 13.7. The SMILES string of the molecule is CC(C)C(C(C)C)C1CCOCC1.CC(C)C(c1ccccc1)C(C)C.COC(C)C(C(C)C)C(C)C. The summed E-state index contributed by atoms with van der Waals surface area (Å²) in [5.41, 5.74) is 1.48. The van der Waals surface area contributed by atoms with Crippen LogP contribution >= 0.6 is 0 Å². The molecule has 0 aromatic heterocycles. The van der Waals surface area contributed by atoms with Crippen LogP contribution in [-0.4, -0.2) is 26.4 Å². The van der Waals surface area contributed by atoms with Gasteiger partial charge in [-0.15, -0.1) is 0 Å². The molecule has 0 N–H and O–H groups in total. The number of hydrogen-bond donors (Lipinski definition) is 0. The maximum absolute atomic E-state index is 5.41. The summed E-state index contributed by atoms with van der Waals surface area (Å²) in [4.78, 5) is 0. The van der Waals surface area contributed by atoms with E-state index in [1.807, 2.05) is 0 Å². The van der Waals surface area contributed by atoms with Gasteiger partial charge in [0, 0.05) is 20.3 Å². The van der Waals surface area contributed by atoms with Gasteiger partial charge >= 0.3 is 0 Å². The average molecular weight is 519 g/mol. The smallest absolute Gasteiger partial charge is 0.0576 e. The Balaban J connectivity index is 0.000000528. The number of benzene rings is 1. The fraction of sp³-hybridized carbons (Fsp3) is 0.829. The normalized spacial score (nSPS) is 15.8. The molecule has 0 spiro atoms. The molecule has 1 fully saturated rings. The number of ether oxygens (including phenoxy) is 2. The Hall–Kier alpha value is -0.860. The summed E-state index contributed by atoms with van der Waals surface area (Å²) in [6.07, 6.45) is 2.94. The monoisotopic (exact) mass is 519 g/mol. The molecule has 2 heteroatoms. The second-order valence-electron chi connectivity index (χ2n) is 13.4. The molecule has 1 aliphatic rings. The molecular weight excluding hydrogens is 452 g/mol. The molecular formula is C35H66O2. The summed E-state index contributed by atoms with van der Waals surface area (Å²) in [6, 6.07) is 10.8. The lowest BCUT2D eigenvalue weighted by Crippen LogP contribution is -2.30. The summed E-state index contributed by atoms with van der Waals surface area (Å²) in [7, 11) is 1.79. The summed E-state index contributed by atoms with van der Waals surface area (Å²) in [6.45, 7) is 31.8. The van der Waals surface area contributed by atoms with Crippen LogP contribution < -0.4 is 0 Å². The first-order valence-electron chi connectivity index (χ1n) is 15.4. The molecule has 1 atom stereocenters. The van der Waals surface area contributed by atoms with Crippen LogP contribution in [0.5, 0.6) is 0 Å². The molecule has 0 amide bonds. The highest BCUT2D eigenvalue weighted by Crippen LogP contribution is 2.34. The standard InChI is InChI=1S/C13H20.C12H24O.C10H22O/c1-10(2)13(11(3)4)12-8-6-5-7-9-12;1-9(2)12(10(3)4)11-5-7-13-8-6-11;1-7(2)10(8(3)4)9(5)11-6/h5-11,13H,1-4H3;9-12H,5-8H2,1-4H3;7-10H,1-6H3. The van der Waals surface area contributed by atoms with Gasteiger partial charge in [-0.1, -0.05) is 113 Å². The Kier molecular flexibility index (Phi) is 18.8. The van der Waals surface area contributed by atoms with Crippen molar-refractivity contribution in [3.8, 4) is 0 Å². The minimum absolute atomic E-state index is 0.384. The Morgan fingerprint density at radius 2 is 1.05 bits per heavy atom. The second-order valence-corrected chi connectivity index (χ2v) is 13.4. The highest BCUT2D eigenvalue weighted by Gasteiger charge is 2.28. The van der Waals surface area contributed by atoms with Crippen LogP contribution in [0.15, 0.2) is 30.3 Å². The minimum Gasteiger partial charge on any atom is -0.381 e. The second kappa shape index (κ2) is 19.2. The van der Waals surface area contributed by atoms with E-state index in [0.717, 1.165) is 48.7 Å². The van der Waals surface area contributed by atoms with Gasteiger partial charge in [-0.25, -0.2) is 0 Å². The molecule has 1 unspecified atom stereocenters. The molecule has 1 saturated heterocycles. The van der Waals surface area contributed by atoms with Crippen LogP contribution in [0.25, 0.3) is 0 Å². The van der Waals surface area contributed by atoms with Crippen molar-refractivity contribution in [2.75, 3.05) is 20.3 Å². The van der Waals surface area contributed by atoms with E-state index in [4.69, 9.17) is 9.47 Å². The molecule has 2 rings (SSSR count). The minimum atomic E-state index is 0.384. The quantitative estimate of drug-likeness (QED) is 0.307. The zero-order valence-electron chi connectivity index (χ0n) is 27.4. The van der Waals surface area contributed by atoms with Crippen LogP contribution in [0.2, 0.25) is 0 Å². The van der Waals surface area contributed by atoms with E-state index in [9.17, 15) is 0 Å². The lowest BCUT2D eigenvalue weighted by atomic mass is 9.73. The molecule has 0 bridgehead atoms. The molecule has 1 aromatic carbocycles. The lowest BCUT2D eigenvalue weighted by Gasteiger charge is -2.35. The number of hydrogen-bond acceptors (Lipinski definition) is 2. The van der Waals surface area contributed by atoms with E-state index in [1.165, 1.54) is 18.4 Å². The fourth-order valence-corrected chi connectivity index (χ4v) is 7.19. The number of methoxy groups -OCH3 is 1. The zero-order chi connectivity index (χ0) is 28.7. The molecule has 218 valence electrons. The van der Waals surface area contributed by atoms with Gasteiger partial charge in [-0.3, -0.25) is 0 Å². The Bertz CT molecular complexity index is 616. The van der Waals surface area contributed by atoms with Gasteiger partial charge in [0.15, 0.2) is 0 Å². The van der Waals surface area contributed by atoms with Crippen LogP contribution in [0.4, 0.5) is 0 Å². The molecule has 0 aliphatic carbocycles. The van der Waals surface area contributed by atoms with Gasteiger partial charge in [0.25, 0.3) is 0 Å². The highest BCUT2D eigenvalue weighted by molar-refractivity contribution is 5.20. The third-order valence-electron chi connectivity index (χ3n) is 8.42. The third-order valence-corrected chi connectivity index (χ3v) is 8.42. The summed E-state index contributed by atoms with van der Waals surface area (Å²) < 4.78 is 10.7. The fourth-order valence-electron chi connectivity index (χ4n) is 7.19. The van der Waals surface area contributed by atoms with Crippen molar-refractivity contribution < 1.29 is 9.47 Å². The maximum atomic E-state index is 5.41. The van der Waals surface area contributed by atoms with Crippen molar-refractivity contribution in [3.05, 3.63) is 35.9 Å². The summed E-state index contributed by atoms with van der Waals surface area (Å²) >= 11 is 0. The van der Waals surface area contributed by atoms with Crippen molar-refractivity contribution in [1.82, 2.24) is 0 Å². The van der Waals surface area contributed by atoms with Gasteiger partial charge in [0.2, 0.25) is 0 Å². The van der Waals surface area contributed by atoms with Crippen molar-refractivity contribution in [3.63, 3.8) is 0 Å². The van der Waals surface area contributed by atoms with Gasteiger partial charge in [0.05, 0.1) is 6.10 Å². The molecule has 0 radical (unpaired) electrons. The first-order valence-corrected chi connectivity index (χ1v) is 15.4. The molecule has 0 saturated carbocycles. The van der Waals surface area contributed by atoms with Gasteiger partial charge < -0.3 is 9.47 Å². The van der Waals surface area contributed by atoms with Crippen LogP contribution in [-0.2, 0) is 9.47 Å². The molecule has 1 heterocycles. The summed E-state index contributed by atoms with van der Waals surface area (Å²) in [5, 5.41) is 0. The predicted octanol–water partition coefficient (Wildman–Crippen LogP) is 10.4. The molecule has 1 aromatic rings. The topological polar surface area (TPSA) is 18.5 Å². The molecule has 2 nitrogen and oxygen atoms in total. The van der Waals surface area contributed by atoms with Crippen molar-refractivity contribution in [2.24, 2.45) is 53.3 Å². The van der Waals surface area contributed by atoms with Gasteiger partial charge in [-0.05, 0) is 84.5 Å². The Labute approximate surface area is 233 Å². The maximum Gasteiger partial charge on any atom is 0.0576 e. The Morgan fingerprint density at radius 1 is 0.622 bits per heavy atom. The van der Waals surface area contributed by atoms with Gasteiger partial charge in [0.1, 0.15) is 0 Å². The predicted molar refractivity (Wildman–Crippen MR) is 165 cm³/mol. The van der Waals surface area contributed by atoms with E-state index in [-0.39, 0.29) is 0 Å². The van der Waals surface area contributed by atoms with Crippen LogP contribution in [0, 0.1) is 53.3 Å². The summed E-state index contributed by atoms with van der Waals surface area (Å²) in [5.74, 6) is 7.70. The number of rotatable bonds is 10. The van der Waals surface area contributed by atoms with E-state index in [1.54, 1.807) is 7.11 Å². The highest BCUT2D eigenvalue weighted by atomic mass is 16.5. The average Bonchev–Trinajstić information content (AvgIpc) is 2.80. The van der Waals surface area contributed by atoms with Crippen molar-refractivity contribution >= 4 is 0 Å². The van der Waals surface area contributed by atoms with Crippen molar-refractivity contribution in [2.45, 2.75) is 115 Å². The van der Waals surface area contributed by atoms with E-state index in [2.05, 4.69) is 120 Å². The lowest BCUT2D eigenvalue weighted by molar-refractivity contribution is 0.0253. The zero-order valence-corrected chi connectivity index (χ0v) is 27.4. The first kappa shape index (κ1) is 36.1. The van der Waals surface area contributed by atoms with Gasteiger partial charge in [-0.2, -0.15) is 0 Å².